The molecule has 1 aliphatic heterocycles. The number of ketones is 1. The van der Waals surface area contributed by atoms with Crippen molar-refractivity contribution in [2.75, 3.05) is 0 Å². The zero-order valence-corrected chi connectivity index (χ0v) is 17.6. The molecule has 2 aromatic rings. The number of hydrogen-bond donors (Lipinski definition) is 1. The first-order valence-electron chi connectivity index (χ1n) is 9.87. The maximum Gasteiger partial charge on any atom is 0.195 e. The first-order valence-corrected chi connectivity index (χ1v) is 9.87. The standard InChI is InChI=1S/C24H26N2O3/c1-13(2)10-11-19(27)21-15(4)26-16(5)23(25-6)22(21)18-9-7-8-17-20(28)12-14(3)29-24(17)18/h7-9,12-13,22,26H,10-11H2,1-5H3. The molecule has 29 heavy (non-hydrogen) atoms. The summed E-state index contributed by atoms with van der Waals surface area (Å²) in [6, 6.07) is 6.81. The molecule has 0 aliphatic carbocycles. The van der Waals surface area contributed by atoms with Crippen molar-refractivity contribution in [3.8, 4) is 0 Å². The van der Waals surface area contributed by atoms with Crippen LogP contribution in [-0.4, -0.2) is 5.78 Å². The van der Waals surface area contributed by atoms with Gasteiger partial charge < -0.3 is 9.73 Å². The van der Waals surface area contributed by atoms with E-state index in [2.05, 4.69) is 24.0 Å². The van der Waals surface area contributed by atoms with Gasteiger partial charge in [-0.1, -0.05) is 26.0 Å². The summed E-state index contributed by atoms with van der Waals surface area (Å²) >= 11 is 0. The van der Waals surface area contributed by atoms with Gasteiger partial charge in [-0.25, -0.2) is 4.85 Å². The Bertz CT molecular complexity index is 1140. The van der Waals surface area contributed by atoms with Crippen molar-refractivity contribution in [2.24, 2.45) is 5.92 Å². The van der Waals surface area contributed by atoms with Gasteiger partial charge in [0, 0.05) is 29.5 Å². The largest absolute Gasteiger partial charge is 0.461 e. The van der Waals surface area contributed by atoms with E-state index in [1.807, 2.05) is 19.9 Å². The Hall–Kier alpha value is -3.13. The Labute approximate surface area is 170 Å². The molecule has 1 N–H and O–H groups in total. The summed E-state index contributed by atoms with van der Waals surface area (Å²) in [5.74, 6) is 0.379. The van der Waals surface area contributed by atoms with Crippen LogP contribution in [0.25, 0.3) is 15.8 Å². The first-order chi connectivity index (χ1) is 13.7. The molecule has 1 aromatic carbocycles. The molecule has 1 aliphatic rings. The quantitative estimate of drug-likeness (QED) is 0.711. The minimum atomic E-state index is -0.554. The molecular weight excluding hydrogens is 364 g/mol. The van der Waals surface area contributed by atoms with Gasteiger partial charge in [0.25, 0.3) is 0 Å². The molecule has 0 radical (unpaired) electrons. The molecule has 0 amide bonds. The van der Waals surface area contributed by atoms with Gasteiger partial charge >= 0.3 is 0 Å². The molecule has 0 spiro atoms. The smallest absolute Gasteiger partial charge is 0.195 e. The number of Topliss-reactive ketones (excluding diaryl/α,β-unsaturated/α-hetero) is 1. The van der Waals surface area contributed by atoms with Gasteiger partial charge in [-0.05, 0) is 44.7 Å². The number of nitrogens with zero attached hydrogens (tertiary/aromatic N) is 1. The van der Waals surface area contributed by atoms with Gasteiger partial charge in [0.2, 0.25) is 0 Å². The highest BCUT2D eigenvalue weighted by atomic mass is 16.3. The lowest BCUT2D eigenvalue weighted by Gasteiger charge is -2.29. The van der Waals surface area contributed by atoms with Gasteiger partial charge in [0.15, 0.2) is 16.9 Å². The average molecular weight is 390 g/mol. The van der Waals surface area contributed by atoms with Crippen molar-refractivity contribution in [1.29, 1.82) is 0 Å². The Balaban J connectivity index is 2.26. The van der Waals surface area contributed by atoms with E-state index >= 15 is 0 Å². The lowest BCUT2D eigenvalue weighted by molar-refractivity contribution is -0.116. The molecule has 0 fully saturated rings. The van der Waals surface area contributed by atoms with Crippen LogP contribution in [0.4, 0.5) is 0 Å². The van der Waals surface area contributed by atoms with Crippen molar-refractivity contribution in [2.45, 2.75) is 53.4 Å². The Kier molecular flexibility index (Phi) is 5.74. The van der Waals surface area contributed by atoms with Crippen molar-refractivity contribution in [1.82, 2.24) is 5.32 Å². The van der Waals surface area contributed by atoms with E-state index in [1.54, 1.807) is 19.1 Å². The second-order valence-corrected chi connectivity index (χ2v) is 8.02. The van der Waals surface area contributed by atoms with E-state index in [4.69, 9.17) is 11.0 Å². The highest BCUT2D eigenvalue weighted by Crippen LogP contribution is 2.42. The third-order valence-electron chi connectivity index (χ3n) is 5.31. The van der Waals surface area contributed by atoms with Crippen molar-refractivity contribution < 1.29 is 9.21 Å². The molecular formula is C24H26N2O3. The number of dihydropyridines is 1. The van der Waals surface area contributed by atoms with Crippen LogP contribution in [0, 0.1) is 19.4 Å². The van der Waals surface area contributed by atoms with Gasteiger partial charge in [-0.2, -0.15) is 0 Å². The monoisotopic (exact) mass is 390 g/mol. The molecule has 0 saturated heterocycles. The number of hydrogen-bond acceptors (Lipinski definition) is 4. The van der Waals surface area contributed by atoms with Crippen LogP contribution in [0.15, 0.2) is 56.1 Å². The minimum absolute atomic E-state index is 0.0225. The second kappa shape index (κ2) is 8.08. The predicted molar refractivity (Wildman–Crippen MR) is 114 cm³/mol. The van der Waals surface area contributed by atoms with Crippen LogP contribution < -0.4 is 10.7 Å². The molecule has 0 bridgehead atoms. The van der Waals surface area contributed by atoms with Crippen LogP contribution in [0.3, 0.4) is 0 Å². The molecule has 150 valence electrons. The summed E-state index contributed by atoms with van der Waals surface area (Å²) in [7, 11) is 0. The minimum Gasteiger partial charge on any atom is -0.461 e. The normalized spacial score (nSPS) is 16.9. The lowest BCUT2D eigenvalue weighted by Crippen LogP contribution is -2.27. The van der Waals surface area contributed by atoms with Gasteiger partial charge in [-0.3, -0.25) is 9.59 Å². The number of benzene rings is 1. The average Bonchev–Trinajstić information content (AvgIpc) is 2.65. The summed E-state index contributed by atoms with van der Waals surface area (Å²) < 4.78 is 5.94. The summed E-state index contributed by atoms with van der Waals surface area (Å²) in [6.07, 6.45) is 1.20. The molecule has 5 nitrogen and oxygen atoms in total. The summed E-state index contributed by atoms with van der Waals surface area (Å²) in [6.45, 7) is 17.4. The fraction of sp³-hybridized carbons (Fsp3) is 0.375. The molecule has 5 heteroatoms. The molecule has 3 rings (SSSR count). The SMILES string of the molecule is [C-]#[N+]C1=C(C)NC(C)=C(C(=O)CCC(C)C)C1c1cccc2c(=O)cc(C)oc12. The van der Waals surface area contributed by atoms with Crippen molar-refractivity contribution in [3.05, 3.63) is 79.9 Å². The summed E-state index contributed by atoms with van der Waals surface area (Å²) in [5.41, 5.74) is 3.51. The number of nitrogens with one attached hydrogen (secondary N) is 1. The third-order valence-corrected chi connectivity index (χ3v) is 5.31. The molecule has 1 unspecified atom stereocenters. The number of aryl methyl sites for hydroxylation is 1. The number of rotatable bonds is 5. The van der Waals surface area contributed by atoms with Gasteiger partial charge in [-0.15, -0.1) is 0 Å². The number of fused-ring (bicyclic) bond motifs is 1. The Morgan fingerprint density at radius 3 is 2.62 bits per heavy atom. The van der Waals surface area contributed by atoms with E-state index in [0.29, 0.717) is 45.9 Å². The topological polar surface area (TPSA) is 63.7 Å². The van der Waals surface area contributed by atoms with Gasteiger partial charge in [0.05, 0.1) is 17.9 Å². The number of para-hydroxylation sites is 1. The van der Waals surface area contributed by atoms with E-state index in [-0.39, 0.29) is 11.2 Å². The number of carbonyl (C=O) groups excluding carboxylic acids is 1. The van der Waals surface area contributed by atoms with Crippen LogP contribution in [0.1, 0.15) is 57.8 Å². The first kappa shape index (κ1) is 20.6. The maximum atomic E-state index is 13.2. The van der Waals surface area contributed by atoms with Crippen molar-refractivity contribution in [3.63, 3.8) is 0 Å². The zero-order chi connectivity index (χ0) is 21.3. The van der Waals surface area contributed by atoms with Crippen LogP contribution in [0.5, 0.6) is 0 Å². The van der Waals surface area contributed by atoms with Gasteiger partial charge in [0.1, 0.15) is 11.3 Å². The van der Waals surface area contributed by atoms with Crippen LogP contribution >= 0.6 is 0 Å². The fourth-order valence-corrected chi connectivity index (χ4v) is 3.90. The fourth-order valence-electron chi connectivity index (χ4n) is 3.90. The Morgan fingerprint density at radius 2 is 1.97 bits per heavy atom. The van der Waals surface area contributed by atoms with E-state index in [1.165, 1.54) is 6.07 Å². The van der Waals surface area contributed by atoms with Crippen molar-refractivity contribution >= 4 is 16.8 Å². The molecule has 1 aromatic heterocycles. The summed E-state index contributed by atoms with van der Waals surface area (Å²) in [4.78, 5) is 29.5. The number of carbonyl (C=O) groups is 1. The Morgan fingerprint density at radius 1 is 1.24 bits per heavy atom. The number of allylic oxidation sites excluding steroid dienone is 3. The van der Waals surface area contributed by atoms with E-state index in [9.17, 15) is 9.59 Å². The highest BCUT2D eigenvalue weighted by molar-refractivity contribution is 5.99. The van der Waals surface area contributed by atoms with Crippen LogP contribution in [0.2, 0.25) is 0 Å². The van der Waals surface area contributed by atoms with E-state index < -0.39 is 5.92 Å². The lowest BCUT2D eigenvalue weighted by atomic mass is 9.80. The second-order valence-electron chi connectivity index (χ2n) is 8.02. The van der Waals surface area contributed by atoms with Crippen LogP contribution in [-0.2, 0) is 4.79 Å². The zero-order valence-electron chi connectivity index (χ0n) is 17.6. The molecule has 1 atom stereocenters. The maximum absolute atomic E-state index is 13.2. The van der Waals surface area contributed by atoms with E-state index in [0.717, 1.165) is 17.8 Å². The molecule has 2 heterocycles. The third kappa shape index (κ3) is 3.88. The predicted octanol–water partition coefficient (Wildman–Crippen LogP) is 5.22. The molecule has 0 saturated carbocycles. The highest BCUT2D eigenvalue weighted by Gasteiger charge is 2.35. The summed E-state index contributed by atoms with van der Waals surface area (Å²) in [5, 5.41) is 3.66.